The van der Waals surface area contributed by atoms with E-state index in [1.54, 1.807) is 0 Å². The number of nitrogens with two attached hydrogens (primary N) is 1. The lowest BCUT2D eigenvalue weighted by Crippen LogP contribution is -2.18. The van der Waals surface area contributed by atoms with Gasteiger partial charge in [-0.2, -0.15) is 0 Å². The van der Waals surface area contributed by atoms with Crippen LogP contribution in [0.2, 0.25) is 0 Å². The summed E-state index contributed by atoms with van der Waals surface area (Å²) in [5, 5.41) is 3.39. The summed E-state index contributed by atoms with van der Waals surface area (Å²) in [7, 11) is 4.16. The first-order chi connectivity index (χ1) is 9.11. The Hall–Kier alpha value is -1.40. The van der Waals surface area contributed by atoms with E-state index in [2.05, 4.69) is 39.7 Å². The van der Waals surface area contributed by atoms with Crippen LogP contribution in [0.5, 0.6) is 0 Å². The second kappa shape index (κ2) is 6.16. The van der Waals surface area contributed by atoms with Gasteiger partial charge in [0, 0.05) is 18.0 Å². The first-order valence-corrected chi connectivity index (χ1v) is 6.85. The minimum atomic E-state index is 0.523. The molecule has 1 aliphatic carbocycles. The number of aromatic nitrogens is 2. The molecule has 0 unspecified atom stereocenters. The number of nitrogens with one attached hydrogen (secondary N) is 2. The van der Waals surface area contributed by atoms with Crippen molar-refractivity contribution in [3.63, 3.8) is 0 Å². The number of nitrogens with zero attached hydrogens (tertiary/aromatic N) is 3. The van der Waals surface area contributed by atoms with Crippen LogP contribution in [0.3, 0.4) is 0 Å². The fraction of sp³-hybridized carbons (Fsp3) is 0.692. The molecule has 0 aromatic carbocycles. The first-order valence-electron chi connectivity index (χ1n) is 6.85. The Balaban J connectivity index is 2.03. The van der Waals surface area contributed by atoms with Crippen LogP contribution in [-0.2, 0) is 0 Å². The fourth-order valence-corrected chi connectivity index (χ4v) is 1.97. The van der Waals surface area contributed by atoms with Crippen molar-refractivity contribution in [1.29, 1.82) is 0 Å². The van der Waals surface area contributed by atoms with Crippen molar-refractivity contribution in [3.8, 4) is 0 Å². The summed E-state index contributed by atoms with van der Waals surface area (Å²) in [5.41, 5.74) is 3.65. The molecule has 1 aromatic heterocycles. The molecule has 0 bridgehead atoms. The number of hydrogen-bond donors (Lipinski definition) is 3. The van der Waals surface area contributed by atoms with E-state index in [9.17, 15) is 0 Å². The topological polar surface area (TPSA) is 79.1 Å². The van der Waals surface area contributed by atoms with E-state index >= 15 is 0 Å². The van der Waals surface area contributed by atoms with Gasteiger partial charge in [0.2, 0.25) is 0 Å². The molecule has 0 saturated heterocycles. The third-order valence-electron chi connectivity index (χ3n) is 3.32. The maximum Gasteiger partial charge on any atom is 0.148 e. The van der Waals surface area contributed by atoms with E-state index in [1.165, 1.54) is 12.8 Å². The van der Waals surface area contributed by atoms with Crippen molar-refractivity contribution < 1.29 is 0 Å². The molecule has 6 heteroatoms. The second-order valence-corrected chi connectivity index (χ2v) is 5.41. The molecular formula is C13H24N6. The number of anilines is 2. The molecule has 0 aliphatic heterocycles. The Morgan fingerprint density at radius 1 is 1.26 bits per heavy atom. The van der Waals surface area contributed by atoms with Crippen molar-refractivity contribution in [3.05, 3.63) is 11.4 Å². The predicted octanol–water partition coefficient (Wildman–Crippen LogP) is 1.31. The van der Waals surface area contributed by atoms with E-state index in [-0.39, 0.29) is 0 Å². The molecule has 0 amide bonds. The SMILES string of the molecule is Cc1c(NN)nc(C2CC2)nc1NCCCN(C)C. The van der Waals surface area contributed by atoms with E-state index in [1.807, 2.05) is 6.92 Å². The molecule has 106 valence electrons. The van der Waals surface area contributed by atoms with Gasteiger partial charge in [-0.25, -0.2) is 15.8 Å². The zero-order valence-electron chi connectivity index (χ0n) is 12.0. The van der Waals surface area contributed by atoms with E-state index < -0.39 is 0 Å². The van der Waals surface area contributed by atoms with Gasteiger partial charge in [-0.1, -0.05) is 0 Å². The fourth-order valence-electron chi connectivity index (χ4n) is 1.97. The van der Waals surface area contributed by atoms with Gasteiger partial charge in [-0.3, -0.25) is 0 Å². The van der Waals surface area contributed by atoms with E-state index in [4.69, 9.17) is 5.84 Å². The average Bonchev–Trinajstić information content (AvgIpc) is 3.20. The Morgan fingerprint density at radius 2 is 1.95 bits per heavy atom. The van der Waals surface area contributed by atoms with Gasteiger partial charge < -0.3 is 15.6 Å². The Kier molecular flexibility index (Phi) is 4.55. The van der Waals surface area contributed by atoms with Gasteiger partial charge in [0.15, 0.2) is 0 Å². The Labute approximate surface area is 114 Å². The minimum Gasteiger partial charge on any atom is -0.370 e. The molecule has 6 nitrogen and oxygen atoms in total. The summed E-state index contributed by atoms with van der Waals surface area (Å²) >= 11 is 0. The third kappa shape index (κ3) is 3.78. The van der Waals surface area contributed by atoms with Gasteiger partial charge in [0.25, 0.3) is 0 Å². The largest absolute Gasteiger partial charge is 0.370 e. The highest BCUT2D eigenvalue weighted by Gasteiger charge is 2.28. The Morgan fingerprint density at radius 3 is 2.53 bits per heavy atom. The summed E-state index contributed by atoms with van der Waals surface area (Å²) in [4.78, 5) is 11.3. The van der Waals surface area contributed by atoms with E-state index in [0.717, 1.165) is 42.5 Å². The van der Waals surface area contributed by atoms with Crippen molar-refractivity contribution in [1.82, 2.24) is 14.9 Å². The lowest BCUT2D eigenvalue weighted by molar-refractivity contribution is 0.405. The maximum atomic E-state index is 5.53. The number of hydrazine groups is 1. The maximum absolute atomic E-state index is 5.53. The molecule has 1 aliphatic rings. The molecule has 19 heavy (non-hydrogen) atoms. The van der Waals surface area contributed by atoms with Crippen LogP contribution in [0.15, 0.2) is 0 Å². The van der Waals surface area contributed by atoms with Crippen molar-refractivity contribution in [2.45, 2.75) is 32.1 Å². The van der Waals surface area contributed by atoms with Gasteiger partial charge in [0.05, 0.1) is 0 Å². The van der Waals surface area contributed by atoms with Crippen LogP contribution in [0.1, 0.15) is 36.6 Å². The van der Waals surface area contributed by atoms with Crippen LogP contribution in [0, 0.1) is 6.92 Å². The number of nitrogen functional groups attached to an aromatic ring is 1. The molecule has 1 aromatic rings. The molecule has 1 saturated carbocycles. The summed E-state index contributed by atoms with van der Waals surface area (Å²) in [6.45, 7) is 3.96. The van der Waals surface area contributed by atoms with Crippen LogP contribution in [0.4, 0.5) is 11.6 Å². The third-order valence-corrected chi connectivity index (χ3v) is 3.32. The molecule has 1 fully saturated rings. The lowest BCUT2D eigenvalue weighted by atomic mass is 10.2. The highest BCUT2D eigenvalue weighted by atomic mass is 15.3. The lowest BCUT2D eigenvalue weighted by Gasteiger charge is -2.14. The van der Waals surface area contributed by atoms with Gasteiger partial charge in [-0.05, 0) is 46.8 Å². The molecule has 0 spiro atoms. The van der Waals surface area contributed by atoms with Crippen molar-refractivity contribution in [2.75, 3.05) is 37.9 Å². The monoisotopic (exact) mass is 264 g/mol. The second-order valence-electron chi connectivity index (χ2n) is 5.41. The minimum absolute atomic E-state index is 0.523. The van der Waals surface area contributed by atoms with Gasteiger partial charge >= 0.3 is 0 Å². The summed E-state index contributed by atoms with van der Waals surface area (Å²) in [6.07, 6.45) is 3.46. The van der Waals surface area contributed by atoms with Crippen molar-refractivity contribution in [2.24, 2.45) is 5.84 Å². The molecule has 1 heterocycles. The summed E-state index contributed by atoms with van der Waals surface area (Å²) in [5.74, 6) is 8.60. The van der Waals surface area contributed by atoms with E-state index in [0.29, 0.717) is 5.92 Å². The standard InChI is InChI=1S/C13H24N6/c1-9-11(15-7-4-8-19(2)3)16-13(10-5-6-10)17-12(9)18-14/h10H,4-8,14H2,1-3H3,(H2,15,16,17,18). The van der Waals surface area contributed by atoms with Crippen LogP contribution < -0.4 is 16.6 Å². The van der Waals surface area contributed by atoms with Gasteiger partial charge in [-0.15, -0.1) is 0 Å². The Bertz CT molecular complexity index is 427. The summed E-state index contributed by atoms with van der Waals surface area (Å²) < 4.78 is 0. The number of hydrogen-bond acceptors (Lipinski definition) is 6. The molecular weight excluding hydrogens is 240 g/mol. The average molecular weight is 264 g/mol. The van der Waals surface area contributed by atoms with Crippen molar-refractivity contribution >= 4 is 11.6 Å². The number of rotatable bonds is 7. The quantitative estimate of drug-likeness (QED) is 0.391. The molecule has 2 rings (SSSR count). The first kappa shape index (κ1) is 14.0. The van der Waals surface area contributed by atoms with Gasteiger partial charge in [0.1, 0.15) is 17.5 Å². The predicted molar refractivity (Wildman–Crippen MR) is 78.2 cm³/mol. The highest BCUT2D eigenvalue weighted by molar-refractivity contribution is 5.57. The highest BCUT2D eigenvalue weighted by Crippen LogP contribution is 2.39. The smallest absolute Gasteiger partial charge is 0.148 e. The zero-order valence-corrected chi connectivity index (χ0v) is 12.0. The van der Waals surface area contributed by atoms with Crippen LogP contribution in [-0.4, -0.2) is 42.1 Å². The van der Waals surface area contributed by atoms with Crippen LogP contribution in [0.25, 0.3) is 0 Å². The normalized spacial score (nSPS) is 14.8. The zero-order chi connectivity index (χ0) is 13.8. The summed E-state index contributed by atoms with van der Waals surface area (Å²) in [6, 6.07) is 0. The molecule has 4 N–H and O–H groups in total. The molecule has 0 atom stereocenters. The van der Waals surface area contributed by atoms with Crippen LogP contribution >= 0.6 is 0 Å². The molecule has 0 radical (unpaired) electrons.